The fourth-order valence-corrected chi connectivity index (χ4v) is 3.43. The molecule has 0 spiro atoms. The van der Waals surface area contributed by atoms with Gasteiger partial charge in [-0.2, -0.15) is 0 Å². The maximum Gasteiger partial charge on any atom is 0.336 e. The molecule has 3 nitrogen and oxygen atoms in total. The molecule has 0 aliphatic heterocycles. The molecule has 0 fully saturated rings. The smallest absolute Gasteiger partial charge is 0.336 e. The van der Waals surface area contributed by atoms with Gasteiger partial charge in [0.15, 0.2) is 0 Å². The Morgan fingerprint density at radius 1 is 1.28 bits per heavy atom. The van der Waals surface area contributed by atoms with E-state index >= 15 is 0 Å². The minimum atomic E-state index is -0.939. The van der Waals surface area contributed by atoms with E-state index in [1.165, 1.54) is 11.8 Å². The Kier molecular flexibility index (Phi) is 4.42. The maximum atomic E-state index is 11.1. The fraction of sp³-hybridized carbons (Fsp3) is 0. The summed E-state index contributed by atoms with van der Waals surface area (Å²) in [5.74, 6) is -0.939. The van der Waals surface area contributed by atoms with Crippen LogP contribution >= 0.6 is 43.6 Å². The second kappa shape index (κ2) is 5.86. The summed E-state index contributed by atoms with van der Waals surface area (Å²) in [7, 11) is 0. The molecule has 1 aromatic heterocycles. The first-order valence-corrected chi connectivity index (χ1v) is 7.29. The number of hydrogen-bond acceptors (Lipinski definition) is 3. The van der Waals surface area contributed by atoms with Crippen LogP contribution in [0.4, 0.5) is 0 Å². The Morgan fingerprint density at radius 3 is 2.67 bits per heavy atom. The van der Waals surface area contributed by atoms with E-state index in [1.54, 1.807) is 24.4 Å². The number of aromatic carboxylic acids is 1. The summed E-state index contributed by atoms with van der Waals surface area (Å²) in [5, 5.41) is 9.83. The van der Waals surface area contributed by atoms with E-state index in [4.69, 9.17) is 5.11 Å². The van der Waals surface area contributed by atoms with Crippen LogP contribution in [0, 0.1) is 0 Å². The van der Waals surface area contributed by atoms with Crippen molar-refractivity contribution >= 4 is 49.6 Å². The zero-order valence-electron chi connectivity index (χ0n) is 8.93. The van der Waals surface area contributed by atoms with Gasteiger partial charge in [-0.25, -0.2) is 9.78 Å². The van der Waals surface area contributed by atoms with E-state index in [0.717, 1.165) is 14.0 Å². The van der Waals surface area contributed by atoms with Gasteiger partial charge in [-0.05, 0) is 50.1 Å². The number of halogens is 2. The van der Waals surface area contributed by atoms with Crippen molar-refractivity contribution in [3.63, 3.8) is 0 Å². The SMILES string of the molecule is O=C(O)c1ccccc1Sc1ncc(Br)cc1Br. The number of carboxylic acids is 1. The molecule has 1 heterocycles. The first-order valence-electron chi connectivity index (χ1n) is 4.89. The van der Waals surface area contributed by atoms with E-state index in [1.807, 2.05) is 12.1 Å². The standard InChI is InChI=1S/C12H7Br2NO2S/c13-7-5-9(14)11(15-6-7)18-10-4-2-1-3-8(10)12(16)17/h1-6H,(H,16,17). The zero-order chi connectivity index (χ0) is 13.1. The van der Waals surface area contributed by atoms with Crippen LogP contribution in [-0.2, 0) is 0 Å². The molecule has 2 aromatic rings. The van der Waals surface area contributed by atoms with Crippen molar-refractivity contribution in [3.05, 3.63) is 51.0 Å². The van der Waals surface area contributed by atoms with Crippen molar-refractivity contribution in [2.75, 3.05) is 0 Å². The van der Waals surface area contributed by atoms with Gasteiger partial charge in [0.05, 0.1) is 10.0 Å². The van der Waals surface area contributed by atoms with Crippen LogP contribution in [0.25, 0.3) is 0 Å². The van der Waals surface area contributed by atoms with E-state index in [9.17, 15) is 4.79 Å². The normalized spacial score (nSPS) is 10.3. The highest BCUT2D eigenvalue weighted by Gasteiger charge is 2.12. The molecular weight excluding hydrogens is 382 g/mol. The van der Waals surface area contributed by atoms with Crippen molar-refractivity contribution in [1.82, 2.24) is 4.98 Å². The molecule has 1 aromatic carbocycles. The molecule has 0 amide bonds. The molecule has 0 atom stereocenters. The predicted molar refractivity (Wildman–Crippen MR) is 77.2 cm³/mol. The van der Waals surface area contributed by atoms with Crippen LogP contribution in [0.3, 0.4) is 0 Å². The Balaban J connectivity index is 2.37. The molecule has 0 saturated heterocycles. The van der Waals surface area contributed by atoms with Gasteiger partial charge in [0, 0.05) is 15.6 Å². The van der Waals surface area contributed by atoms with Gasteiger partial charge in [-0.15, -0.1) is 0 Å². The lowest BCUT2D eigenvalue weighted by Gasteiger charge is -2.06. The van der Waals surface area contributed by atoms with Crippen molar-refractivity contribution < 1.29 is 9.90 Å². The Morgan fingerprint density at radius 2 is 2.00 bits per heavy atom. The average molecular weight is 389 g/mol. The van der Waals surface area contributed by atoms with Gasteiger partial charge in [-0.3, -0.25) is 0 Å². The van der Waals surface area contributed by atoms with Gasteiger partial charge in [0.25, 0.3) is 0 Å². The molecule has 2 rings (SSSR count). The monoisotopic (exact) mass is 387 g/mol. The number of carboxylic acid groups (broad SMARTS) is 1. The molecular formula is C12H7Br2NO2S. The van der Waals surface area contributed by atoms with Gasteiger partial charge in [-0.1, -0.05) is 23.9 Å². The average Bonchev–Trinajstić information content (AvgIpc) is 2.33. The van der Waals surface area contributed by atoms with Gasteiger partial charge in [0.2, 0.25) is 0 Å². The minimum absolute atomic E-state index is 0.277. The molecule has 0 saturated carbocycles. The van der Waals surface area contributed by atoms with Gasteiger partial charge < -0.3 is 5.11 Å². The Bertz CT molecular complexity index is 604. The third-order valence-corrected chi connectivity index (χ3v) is 4.49. The molecule has 1 N–H and O–H groups in total. The van der Waals surface area contributed by atoms with E-state index in [2.05, 4.69) is 36.8 Å². The van der Waals surface area contributed by atoms with Crippen LogP contribution in [-0.4, -0.2) is 16.1 Å². The van der Waals surface area contributed by atoms with Crippen LogP contribution in [0.1, 0.15) is 10.4 Å². The van der Waals surface area contributed by atoms with Gasteiger partial charge in [0.1, 0.15) is 5.03 Å². The molecule has 6 heteroatoms. The second-order valence-corrected chi connectivity index (χ2v) is 6.14. The first-order chi connectivity index (χ1) is 8.58. The predicted octanol–water partition coefficient (Wildman–Crippen LogP) is 4.46. The zero-order valence-corrected chi connectivity index (χ0v) is 12.9. The highest BCUT2D eigenvalue weighted by molar-refractivity contribution is 9.11. The number of pyridine rings is 1. The maximum absolute atomic E-state index is 11.1. The molecule has 0 unspecified atom stereocenters. The summed E-state index contributed by atoms with van der Waals surface area (Å²) in [4.78, 5) is 16.0. The van der Waals surface area contributed by atoms with Crippen molar-refractivity contribution in [3.8, 4) is 0 Å². The topological polar surface area (TPSA) is 50.2 Å². The summed E-state index contributed by atoms with van der Waals surface area (Å²) in [6.45, 7) is 0. The number of rotatable bonds is 3. The Labute approximate surface area is 125 Å². The molecule has 0 aliphatic carbocycles. The highest BCUT2D eigenvalue weighted by atomic mass is 79.9. The van der Waals surface area contributed by atoms with Crippen molar-refractivity contribution in [2.45, 2.75) is 9.92 Å². The first kappa shape index (κ1) is 13.6. The molecule has 0 aliphatic rings. The van der Waals surface area contributed by atoms with Crippen LogP contribution < -0.4 is 0 Å². The molecule has 0 bridgehead atoms. The van der Waals surface area contributed by atoms with Crippen LogP contribution in [0.15, 0.2) is 55.4 Å². The number of nitrogens with zero attached hydrogens (tertiary/aromatic N) is 1. The number of benzene rings is 1. The fourth-order valence-electron chi connectivity index (χ4n) is 1.31. The Hall–Kier alpha value is -0.850. The van der Waals surface area contributed by atoms with E-state index in [-0.39, 0.29) is 5.56 Å². The third kappa shape index (κ3) is 3.13. The van der Waals surface area contributed by atoms with Crippen LogP contribution in [0.5, 0.6) is 0 Å². The lowest BCUT2D eigenvalue weighted by molar-refractivity contribution is 0.0693. The number of hydrogen-bond donors (Lipinski definition) is 1. The quantitative estimate of drug-likeness (QED) is 0.843. The summed E-state index contributed by atoms with van der Waals surface area (Å²) in [6.07, 6.45) is 1.68. The number of carbonyl (C=O) groups is 1. The summed E-state index contributed by atoms with van der Waals surface area (Å²) < 4.78 is 1.69. The van der Waals surface area contributed by atoms with Crippen LogP contribution in [0.2, 0.25) is 0 Å². The van der Waals surface area contributed by atoms with E-state index in [0.29, 0.717) is 4.90 Å². The molecule has 92 valence electrons. The lowest BCUT2D eigenvalue weighted by atomic mass is 10.2. The van der Waals surface area contributed by atoms with E-state index < -0.39 is 5.97 Å². The largest absolute Gasteiger partial charge is 0.478 e. The third-order valence-electron chi connectivity index (χ3n) is 2.10. The summed E-state index contributed by atoms with van der Waals surface area (Å²) >= 11 is 8.05. The number of aromatic nitrogens is 1. The van der Waals surface area contributed by atoms with Crippen molar-refractivity contribution in [2.24, 2.45) is 0 Å². The molecule has 18 heavy (non-hydrogen) atoms. The highest BCUT2D eigenvalue weighted by Crippen LogP contribution is 2.34. The summed E-state index contributed by atoms with van der Waals surface area (Å²) in [6, 6.07) is 8.74. The lowest BCUT2D eigenvalue weighted by Crippen LogP contribution is -1.98. The molecule has 0 radical (unpaired) electrons. The summed E-state index contributed by atoms with van der Waals surface area (Å²) in [5.41, 5.74) is 0.277. The van der Waals surface area contributed by atoms with Gasteiger partial charge >= 0.3 is 5.97 Å². The minimum Gasteiger partial charge on any atom is -0.478 e. The second-order valence-electron chi connectivity index (χ2n) is 3.34. The van der Waals surface area contributed by atoms with Crippen molar-refractivity contribution in [1.29, 1.82) is 0 Å².